The van der Waals surface area contributed by atoms with E-state index in [2.05, 4.69) is 16.7 Å². The van der Waals surface area contributed by atoms with Gasteiger partial charge in [-0.2, -0.15) is 0 Å². The SMILES string of the molecule is CCN1CCN(c2ccc(C(=O)N3CCCC(C(C)N)C3)cc2F)CC1.Cl.Cl. The van der Waals surface area contributed by atoms with Crippen LogP contribution < -0.4 is 10.6 Å². The summed E-state index contributed by atoms with van der Waals surface area (Å²) in [5, 5.41) is 0. The lowest BCUT2D eigenvalue weighted by atomic mass is 9.92. The van der Waals surface area contributed by atoms with Crippen LogP contribution in [0.4, 0.5) is 10.1 Å². The maximum absolute atomic E-state index is 14.7. The number of likely N-dealkylation sites (tertiary alicyclic amines) is 1. The molecule has 2 fully saturated rings. The molecule has 3 rings (SSSR count). The van der Waals surface area contributed by atoms with E-state index in [0.717, 1.165) is 52.1 Å². The lowest BCUT2D eigenvalue weighted by Crippen LogP contribution is -2.46. The number of piperazine rings is 1. The van der Waals surface area contributed by atoms with E-state index < -0.39 is 0 Å². The molecule has 2 aliphatic heterocycles. The van der Waals surface area contributed by atoms with Crippen molar-refractivity contribution in [1.82, 2.24) is 9.80 Å². The summed E-state index contributed by atoms with van der Waals surface area (Å²) in [6, 6.07) is 5.00. The van der Waals surface area contributed by atoms with Crippen LogP contribution in [0.15, 0.2) is 18.2 Å². The second-order valence-electron chi connectivity index (χ2n) is 7.60. The van der Waals surface area contributed by atoms with Crippen molar-refractivity contribution in [2.24, 2.45) is 11.7 Å². The number of amides is 1. The van der Waals surface area contributed by atoms with Crippen molar-refractivity contribution in [3.05, 3.63) is 29.6 Å². The van der Waals surface area contributed by atoms with Gasteiger partial charge in [-0.1, -0.05) is 6.92 Å². The van der Waals surface area contributed by atoms with Crippen molar-refractivity contribution in [3.63, 3.8) is 0 Å². The van der Waals surface area contributed by atoms with Gasteiger partial charge in [-0.3, -0.25) is 4.79 Å². The lowest BCUT2D eigenvalue weighted by molar-refractivity contribution is 0.0660. The first-order chi connectivity index (χ1) is 12.5. The van der Waals surface area contributed by atoms with E-state index in [4.69, 9.17) is 5.73 Å². The predicted octanol–water partition coefficient (Wildman–Crippen LogP) is 3.01. The molecule has 2 unspecified atom stereocenters. The molecule has 5 nitrogen and oxygen atoms in total. The fourth-order valence-corrected chi connectivity index (χ4v) is 4.01. The molecule has 0 spiro atoms. The van der Waals surface area contributed by atoms with Gasteiger partial charge in [0, 0.05) is 50.9 Å². The predicted molar refractivity (Wildman–Crippen MR) is 117 cm³/mol. The average Bonchev–Trinajstić information content (AvgIpc) is 2.67. The van der Waals surface area contributed by atoms with Crippen LogP contribution in [0.5, 0.6) is 0 Å². The Balaban J connectivity index is 0.00000196. The number of nitrogens with two attached hydrogens (primary N) is 1. The van der Waals surface area contributed by atoms with Crippen molar-refractivity contribution >= 4 is 36.4 Å². The highest BCUT2D eigenvalue weighted by molar-refractivity contribution is 5.94. The van der Waals surface area contributed by atoms with Crippen LogP contribution in [0, 0.1) is 11.7 Å². The quantitative estimate of drug-likeness (QED) is 0.790. The molecule has 0 bridgehead atoms. The second kappa shape index (κ2) is 11.2. The first-order valence-electron chi connectivity index (χ1n) is 9.81. The van der Waals surface area contributed by atoms with Gasteiger partial charge in [-0.05, 0) is 50.4 Å². The number of likely N-dealkylation sites (N-methyl/N-ethyl adjacent to an activating group) is 1. The minimum Gasteiger partial charge on any atom is -0.367 e. The average molecular weight is 435 g/mol. The molecular formula is C20H33Cl2FN4O. The van der Waals surface area contributed by atoms with Gasteiger partial charge >= 0.3 is 0 Å². The summed E-state index contributed by atoms with van der Waals surface area (Å²) in [4.78, 5) is 19.0. The van der Waals surface area contributed by atoms with Gasteiger partial charge in [-0.25, -0.2) is 4.39 Å². The van der Waals surface area contributed by atoms with E-state index in [1.54, 1.807) is 12.1 Å². The molecule has 0 saturated carbocycles. The Bertz CT molecular complexity index is 639. The fourth-order valence-electron chi connectivity index (χ4n) is 4.01. The minimum atomic E-state index is -0.304. The van der Waals surface area contributed by atoms with Gasteiger partial charge in [0.25, 0.3) is 5.91 Å². The number of rotatable bonds is 4. The Morgan fingerprint density at radius 2 is 1.89 bits per heavy atom. The third-order valence-electron chi connectivity index (χ3n) is 5.84. The second-order valence-corrected chi connectivity index (χ2v) is 7.60. The maximum Gasteiger partial charge on any atom is 0.253 e. The summed E-state index contributed by atoms with van der Waals surface area (Å²) in [5.41, 5.74) is 7.04. The third kappa shape index (κ3) is 5.72. The number of carbonyl (C=O) groups is 1. The summed E-state index contributed by atoms with van der Waals surface area (Å²) in [7, 11) is 0. The van der Waals surface area contributed by atoms with Gasteiger partial charge in [-0.15, -0.1) is 24.8 Å². The summed E-state index contributed by atoms with van der Waals surface area (Å²) in [5.74, 6) is -0.0650. The highest BCUT2D eigenvalue weighted by atomic mass is 35.5. The van der Waals surface area contributed by atoms with Crippen molar-refractivity contribution in [2.75, 3.05) is 50.7 Å². The largest absolute Gasteiger partial charge is 0.367 e. The zero-order valence-electron chi connectivity index (χ0n) is 16.8. The standard InChI is InChI=1S/C20H31FN4O.2ClH/c1-3-23-9-11-24(12-10-23)19-7-6-16(13-18(19)21)20(26)25-8-4-5-17(14-25)15(2)22;;/h6-7,13,15,17H,3-5,8-12,14,22H2,1-2H3;2*1H. The van der Waals surface area contributed by atoms with Gasteiger partial charge in [0.15, 0.2) is 0 Å². The number of benzene rings is 1. The van der Waals surface area contributed by atoms with E-state index in [-0.39, 0.29) is 42.6 Å². The highest BCUT2D eigenvalue weighted by Gasteiger charge is 2.27. The topological polar surface area (TPSA) is 52.8 Å². The molecule has 2 N–H and O–H groups in total. The van der Waals surface area contributed by atoms with E-state index >= 15 is 0 Å². The van der Waals surface area contributed by atoms with Crippen LogP contribution in [0.2, 0.25) is 0 Å². The number of carbonyl (C=O) groups excluding carboxylic acids is 1. The van der Waals surface area contributed by atoms with Crippen LogP contribution in [-0.2, 0) is 0 Å². The van der Waals surface area contributed by atoms with E-state index in [1.807, 2.05) is 11.8 Å². The molecule has 2 saturated heterocycles. The minimum absolute atomic E-state index is 0. The van der Waals surface area contributed by atoms with Crippen molar-refractivity contribution in [3.8, 4) is 0 Å². The molecule has 1 aromatic carbocycles. The van der Waals surface area contributed by atoms with E-state index in [9.17, 15) is 9.18 Å². The lowest BCUT2D eigenvalue weighted by Gasteiger charge is -2.36. The van der Waals surface area contributed by atoms with Gasteiger partial charge in [0.2, 0.25) is 0 Å². The summed E-state index contributed by atoms with van der Waals surface area (Å²) in [6.45, 7) is 10.1. The van der Waals surface area contributed by atoms with Crippen LogP contribution in [0.3, 0.4) is 0 Å². The van der Waals surface area contributed by atoms with Crippen LogP contribution in [0.25, 0.3) is 0 Å². The molecule has 2 atom stereocenters. The summed E-state index contributed by atoms with van der Waals surface area (Å²) in [6.07, 6.45) is 2.01. The maximum atomic E-state index is 14.7. The van der Waals surface area contributed by atoms with Crippen LogP contribution in [0.1, 0.15) is 37.0 Å². The Labute approximate surface area is 180 Å². The monoisotopic (exact) mass is 434 g/mol. The molecule has 0 radical (unpaired) electrons. The number of halogens is 3. The molecule has 160 valence electrons. The number of nitrogens with zero attached hydrogens (tertiary/aromatic N) is 3. The number of anilines is 1. The molecule has 1 aromatic rings. The Kier molecular flexibility index (Phi) is 9.98. The molecule has 28 heavy (non-hydrogen) atoms. The van der Waals surface area contributed by atoms with E-state index in [1.165, 1.54) is 6.07 Å². The molecule has 1 amide bonds. The van der Waals surface area contributed by atoms with E-state index in [0.29, 0.717) is 23.7 Å². The van der Waals surface area contributed by atoms with Gasteiger partial charge in [0.05, 0.1) is 5.69 Å². The van der Waals surface area contributed by atoms with Crippen molar-refractivity contribution in [1.29, 1.82) is 0 Å². The van der Waals surface area contributed by atoms with Crippen LogP contribution >= 0.6 is 24.8 Å². The number of hydrogen-bond acceptors (Lipinski definition) is 4. The normalized spacial score (nSPS) is 21.5. The Morgan fingerprint density at radius 3 is 2.46 bits per heavy atom. The zero-order valence-corrected chi connectivity index (χ0v) is 18.4. The highest BCUT2D eigenvalue weighted by Crippen LogP contribution is 2.25. The molecule has 2 aliphatic rings. The molecule has 0 aromatic heterocycles. The van der Waals surface area contributed by atoms with Crippen LogP contribution in [-0.4, -0.2) is 67.6 Å². The number of hydrogen-bond donors (Lipinski definition) is 1. The zero-order chi connectivity index (χ0) is 18.7. The molecule has 2 heterocycles. The number of piperidine rings is 1. The van der Waals surface area contributed by atoms with Gasteiger partial charge in [0.1, 0.15) is 5.82 Å². The Morgan fingerprint density at radius 1 is 1.21 bits per heavy atom. The summed E-state index contributed by atoms with van der Waals surface area (Å²) >= 11 is 0. The van der Waals surface area contributed by atoms with Crippen molar-refractivity contribution < 1.29 is 9.18 Å². The fraction of sp³-hybridized carbons (Fsp3) is 0.650. The molecular weight excluding hydrogens is 402 g/mol. The smallest absolute Gasteiger partial charge is 0.253 e. The van der Waals surface area contributed by atoms with Gasteiger partial charge < -0.3 is 20.4 Å². The first-order valence-corrected chi connectivity index (χ1v) is 9.81. The molecule has 0 aliphatic carbocycles. The molecule has 8 heteroatoms. The third-order valence-corrected chi connectivity index (χ3v) is 5.84. The van der Waals surface area contributed by atoms with Crippen molar-refractivity contribution in [2.45, 2.75) is 32.7 Å². The summed E-state index contributed by atoms with van der Waals surface area (Å²) < 4.78 is 14.7. The Hall–Kier alpha value is -1.08. The first kappa shape index (κ1) is 25.0.